The molecule has 1 rings (SSSR count). The van der Waals surface area contributed by atoms with Crippen molar-refractivity contribution in [1.29, 1.82) is 0 Å². The molecule has 0 aliphatic carbocycles. The summed E-state index contributed by atoms with van der Waals surface area (Å²) in [5.41, 5.74) is 0. The first-order chi connectivity index (χ1) is 7.77. The summed E-state index contributed by atoms with van der Waals surface area (Å²) in [6.45, 7) is 4.35. The van der Waals surface area contributed by atoms with Crippen LogP contribution in [0.25, 0.3) is 0 Å². The standard InChI is InChI=1S/C10H15BrN2O2S2/c1-10(2,16-3)7-13-17(14,15)9-4-8(11)5-12-6-9/h4-6,13H,7H2,1-3H3. The van der Waals surface area contributed by atoms with Crippen LogP contribution in [0.5, 0.6) is 0 Å². The van der Waals surface area contributed by atoms with E-state index in [1.807, 2.05) is 20.1 Å². The zero-order valence-corrected chi connectivity index (χ0v) is 13.1. The van der Waals surface area contributed by atoms with E-state index < -0.39 is 10.0 Å². The third-order valence-electron chi connectivity index (χ3n) is 2.23. The Morgan fingerprint density at radius 1 is 1.47 bits per heavy atom. The van der Waals surface area contributed by atoms with Gasteiger partial charge in [0.25, 0.3) is 0 Å². The second-order valence-electron chi connectivity index (χ2n) is 4.13. The minimum absolute atomic E-state index is 0.132. The molecule has 0 aromatic carbocycles. The molecular weight excluding hydrogens is 324 g/mol. The summed E-state index contributed by atoms with van der Waals surface area (Å²) in [6.07, 6.45) is 4.83. The second kappa shape index (κ2) is 5.69. The fraction of sp³-hybridized carbons (Fsp3) is 0.500. The van der Waals surface area contributed by atoms with Gasteiger partial charge in [-0.3, -0.25) is 4.98 Å². The maximum Gasteiger partial charge on any atom is 0.242 e. The number of aromatic nitrogens is 1. The van der Waals surface area contributed by atoms with Crippen LogP contribution in [-0.2, 0) is 10.0 Å². The van der Waals surface area contributed by atoms with E-state index in [0.29, 0.717) is 11.0 Å². The van der Waals surface area contributed by atoms with Crippen LogP contribution in [-0.4, -0.2) is 30.9 Å². The van der Waals surface area contributed by atoms with Crippen LogP contribution in [0.4, 0.5) is 0 Å². The summed E-state index contributed by atoms with van der Waals surface area (Å²) in [6, 6.07) is 1.53. The van der Waals surface area contributed by atoms with E-state index in [4.69, 9.17) is 0 Å². The normalized spacial score (nSPS) is 12.7. The number of hydrogen-bond acceptors (Lipinski definition) is 4. The molecule has 0 atom stereocenters. The lowest BCUT2D eigenvalue weighted by atomic mass is 10.2. The Balaban J connectivity index is 2.83. The van der Waals surface area contributed by atoms with Crippen LogP contribution < -0.4 is 4.72 Å². The smallest absolute Gasteiger partial charge is 0.242 e. The summed E-state index contributed by atoms with van der Waals surface area (Å²) in [4.78, 5) is 4.01. The number of pyridine rings is 1. The van der Waals surface area contributed by atoms with Gasteiger partial charge in [-0.15, -0.1) is 0 Å². The van der Waals surface area contributed by atoms with Crippen molar-refractivity contribution in [2.45, 2.75) is 23.5 Å². The molecule has 96 valence electrons. The van der Waals surface area contributed by atoms with Crippen molar-refractivity contribution in [2.75, 3.05) is 12.8 Å². The van der Waals surface area contributed by atoms with Crippen LogP contribution in [0.3, 0.4) is 0 Å². The molecule has 1 aromatic heterocycles. The SMILES string of the molecule is CSC(C)(C)CNS(=O)(=O)c1cncc(Br)c1. The average Bonchev–Trinajstić information content (AvgIpc) is 2.27. The lowest BCUT2D eigenvalue weighted by molar-refractivity contribution is 0.570. The molecule has 0 aliphatic heterocycles. The van der Waals surface area contributed by atoms with Crippen LogP contribution in [0.1, 0.15) is 13.8 Å². The van der Waals surface area contributed by atoms with Gasteiger partial charge in [-0.2, -0.15) is 11.8 Å². The molecule has 0 fully saturated rings. The lowest BCUT2D eigenvalue weighted by Gasteiger charge is -2.22. The number of nitrogens with one attached hydrogen (secondary N) is 1. The third kappa shape index (κ3) is 4.57. The predicted molar refractivity (Wildman–Crippen MR) is 74.7 cm³/mol. The lowest BCUT2D eigenvalue weighted by Crippen LogP contribution is -2.36. The van der Waals surface area contributed by atoms with Gasteiger partial charge in [0.05, 0.1) is 0 Å². The Hall–Kier alpha value is -0.110. The largest absolute Gasteiger partial charge is 0.262 e. The molecule has 0 radical (unpaired) electrons. The highest BCUT2D eigenvalue weighted by atomic mass is 79.9. The molecule has 0 bridgehead atoms. The van der Waals surface area contributed by atoms with E-state index in [1.165, 1.54) is 12.3 Å². The Morgan fingerprint density at radius 2 is 2.12 bits per heavy atom. The Labute approximate surface area is 115 Å². The van der Waals surface area contributed by atoms with Gasteiger partial charge >= 0.3 is 0 Å². The van der Waals surface area contributed by atoms with E-state index in [1.54, 1.807) is 18.0 Å². The van der Waals surface area contributed by atoms with Crippen LogP contribution in [0.15, 0.2) is 27.8 Å². The number of sulfonamides is 1. The molecular formula is C10H15BrN2O2S2. The van der Waals surface area contributed by atoms with Crippen LogP contribution in [0.2, 0.25) is 0 Å². The fourth-order valence-corrected chi connectivity index (χ4v) is 2.99. The molecule has 0 amide bonds. The van der Waals surface area contributed by atoms with Crippen molar-refractivity contribution in [3.63, 3.8) is 0 Å². The number of thioether (sulfide) groups is 1. The van der Waals surface area contributed by atoms with Crippen molar-refractivity contribution in [3.8, 4) is 0 Å². The van der Waals surface area contributed by atoms with Gasteiger partial charge in [-0.25, -0.2) is 13.1 Å². The number of rotatable bonds is 5. The van der Waals surface area contributed by atoms with Crippen LogP contribution in [0, 0.1) is 0 Å². The zero-order valence-electron chi connectivity index (χ0n) is 9.90. The first kappa shape index (κ1) is 14.9. The molecule has 0 saturated heterocycles. The summed E-state index contributed by atoms with van der Waals surface area (Å²) >= 11 is 4.81. The van der Waals surface area contributed by atoms with Gasteiger partial charge in [-0.1, -0.05) is 0 Å². The van der Waals surface area contributed by atoms with Crippen molar-refractivity contribution < 1.29 is 8.42 Å². The second-order valence-corrected chi connectivity index (χ2v) is 8.32. The zero-order chi connectivity index (χ0) is 13.1. The summed E-state index contributed by atoms with van der Waals surface area (Å²) in [5, 5.41) is 0. The average molecular weight is 339 g/mol. The highest BCUT2D eigenvalue weighted by Crippen LogP contribution is 2.21. The monoisotopic (exact) mass is 338 g/mol. The molecule has 0 unspecified atom stereocenters. The van der Waals surface area contributed by atoms with Crippen molar-refractivity contribution in [2.24, 2.45) is 0 Å². The third-order valence-corrected chi connectivity index (χ3v) is 5.28. The molecule has 0 saturated carbocycles. The van der Waals surface area contributed by atoms with Gasteiger partial charge in [-0.05, 0) is 42.1 Å². The highest BCUT2D eigenvalue weighted by molar-refractivity contribution is 9.10. The molecule has 1 N–H and O–H groups in total. The van der Waals surface area contributed by atoms with Gasteiger partial charge in [0.1, 0.15) is 4.90 Å². The molecule has 7 heteroatoms. The van der Waals surface area contributed by atoms with Crippen molar-refractivity contribution in [1.82, 2.24) is 9.71 Å². The van der Waals surface area contributed by atoms with Crippen LogP contribution >= 0.6 is 27.7 Å². The maximum atomic E-state index is 12.0. The van der Waals surface area contributed by atoms with E-state index >= 15 is 0 Å². The summed E-state index contributed by atoms with van der Waals surface area (Å²) in [5.74, 6) is 0. The summed E-state index contributed by atoms with van der Waals surface area (Å²) in [7, 11) is -3.48. The van der Waals surface area contributed by atoms with Crippen molar-refractivity contribution in [3.05, 3.63) is 22.9 Å². The highest BCUT2D eigenvalue weighted by Gasteiger charge is 2.21. The first-order valence-corrected chi connectivity index (χ1v) is 8.42. The van der Waals surface area contributed by atoms with Gasteiger partial charge < -0.3 is 0 Å². The van der Waals surface area contributed by atoms with Gasteiger partial charge in [0, 0.05) is 28.2 Å². The minimum Gasteiger partial charge on any atom is -0.262 e. The maximum absolute atomic E-state index is 12.0. The quantitative estimate of drug-likeness (QED) is 0.894. The predicted octanol–water partition coefficient (Wildman–Crippen LogP) is 2.26. The van der Waals surface area contributed by atoms with E-state index in [9.17, 15) is 8.42 Å². The minimum atomic E-state index is -3.48. The number of nitrogens with zero attached hydrogens (tertiary/aromatic N) is 1. The first-order valence-electron chi connectivity index (χ1n) is 4.92. The molecule has 1 aromatic rings. The number of halogens is 1. The summed E-state index contributed by atoms with van der Waals surface area (Å²) < 4.78 is 27.0. The van der Waals surface area contributed by atoms with Gasteiger partial charge in [0.15, 0.2) is 0 Å². The molecule has 17 heavy (non-hydrogen) atoms. The van der Waals surface area contributed by atoms with E-state index in [2.05, 4.69) is 25.6 Å². The Morgan fingerprint density at radius 3 is 2.65 bits per heavy atom. The molecule has 4 nitrogen and oxygen atoms in total. The fourth-order valence-electron chi connectivity index (χ4n) is 0.964. The molecule has 0 spiro atoms. The Kier molecular flexibility index (Phi) is 5.00. The number of hydrogen-bond donors (Lipinski definition) is 1. The van der Waals surface area contributed by atoms with E-state index in [0.717, 1.165) is 0 Å². The van der Waals surface area contributed by atoms with Crippen molar-refractivity contribution >= 4 is 37.7 Å². The van der Waals surface area contributed by atoms with Gasteiger partial charge in [0.2, 0.25) is 10.0 Å². The molecule has 1 heterocycles. The molecule has 0 aliphatic rings. The Bertz CT molecular complexity index is 489. The topological polar surface area (TPSA) is 59.1 Å². The van der Waals surface area contributed by atoms with E-state index in [-0.39, 0.29) is 9.64 Å².